The average molecular weight is 251 g/mol. The molecule has 2 unspecified atom stereocenters. The lowest BCUT2D eigenvalue weighted by Crippen LogP contribution is -2.30. The van der Waals surface area contributed by atoms with E-state index in [1.54, 1.807) is 11.8 Å². The first kappa shape index (κ1) is 13.1. The van der Waals surface area contributed by atoms with Crippen molar-refractivity contribution in [1.29, 1.82) is 0 Å². The lowest BCUT2D eigenvalue weighted by atomic mass is 10.0. The maximum absolute atomic E-state index is 12.3. The van der Waals surface area contributed by atoms with Crippen molar-refractivity contribution in [1.82, 2.24) is 4.90 Å². The van der Waals surface area contributed by atoms with Crippen molar-refractivity contribution in [3.05, 3.63) is 23.2 Å². The molecule has 0 aliphatic carbocycles. The highest BCUT2D eigenvalue weighted by Gasteiger charge is 2.31. The van der Waals surface area contributed by atoms with Gasteiger partial charge in [-0.25, -0.2) is 0 Å². The van der Waals surface area contributed by atoms with Gasteiger partial charge in [0.2, 0.25) is 0 Å². The molecule has 2 rings (SSSR count). The van der Waals surface area contributed by atoms with Crippen molar-refractivity contribution < 1.29 is 14.3 Å². The number of carbonyl (C=O) groups is 1. The van der Waals surface area contributed by atoms with Gasteiger partial charge >= 0.3 is 0 Å². The molecule has 4 heteroatoms. The summed E-state index contributed by atoms with van der Waals surface area (Å²) in [5.74, 6) is 1.45. The Labute approximate surface area is 108 Å². The number of carbonyl (C=O) groups excluding carboxylic acids is 1. The van der Waals surface area contributed by atoms with Crippen LogP contribution in [0.15, 0.2) is 10.5 Å². The van der Waals surface area contributed by atoms with Crippen LogP contribution in [0.5, 0.6) is 0 Å². The second kappa shape index (κ2) is 5.14. The van der Waals surface area contributed by atoms with Crippen LogP contribution in [0.4, 0.5) is 0 Å². The van der Waals surface area contributed by atoms with Gasteiger partial charge in [-0.2, -0.15) is 0 Å². The second-order valence-corrected chi connectivity index (χ2v) is 5.12. The molecular formula is C14H21NO3. The Kier molecular flexibility index (Phi) is 3.76. The molecule has 2 heterocycles. The van der Waals surface area contributed by atoms with Gasteiger partial charge < -0.3 is 14.4 Å². The largest absolute Gasteiger partial charge is 0.456 e. The van der Waals surface area contributed by atoms with Crippen molar-refractivity contribution in [2.75, 3.05) is 13.1 Å². The number of rotatable bonds is 3. The zero-order valence-electron chi connectivity index (χ0n) is 11.3. The molecule has 1 aromatic heterocycles. The molecule has 0 bridgehead atoms. The summed E-state index contributed by atoms with van der Waals surface area (Å²) in [5.41, 5.74) is 0.900. The Hall–Kier alpha value is -1.29. The van der Waals surface area contributed by atoms with Crippen LogP contribution in [-0.2, 0) is 6.42 Å². The van der Waals surface area contributed by atoms with Crippen molar-refractivity contribution in [3.8, 4) is 0 Å². The maximum Gasteiger partial charge on any atom is 0.289 e. The molecule has 1 fully saturated rings. The van der Waals surface area contributed by atoms with Crippen LogP contribution in [-0.4, -0.2) is 35.1 Å². The Balaban J connectivity index is 2.10. The van der Waals surface area contributed by atoms with Crippen molar-refractivity contribution >= 4 is 5.91 Å². The third-order valence-corrected chi connectivity index (χ3v) is 3.71. The summed E-state index contributed by atoms with van der Waals surface area (Å²) in [5, 5.41) is 9.56. The van der Waals surface area contributed by atoms with E-state index < -0.39 is 0 Å². The lowest BCUT2D eigenvalue weighted by Gasteiger charge is -2.16. The zero-order valence-corrected chi connectivity index (χ0v) is 11.3. The summed E-state index contributed by atoms with van der Waals surface area (Å²) >= 11 is 0. The lowest BCUT2D eigenvalue weighted by molar-refractivity contribution is 0.0729. The summed E-state index contributed by atoms with van der Waals surface area (Å²) < 4.78 is 5.58. The SMILES string of the molecule is CCc1cc(C)c(C(=O)N2CCC(C(C)O)C2)o1. The van der Waals surface area contributed by atoms with Crippen LogP contribution in [0.25, 0.3) is 0 Å². The molecular weight excluding hydrogens is 230 g/mol. The van der Waals surface area contributed by atoms with E-state index in [-0.39, 0.29) is 17.9 Å². The minimum absolute atomic E-state index is 0.0460. The summed E-state index contributed by atoms with van der Waals surface area (Å²) in [7, 11) is 0. The normalized spacial score (nSPS) is 21.3. The number of furan rings is 1. The Morgan fingerprint density at radius 3 is 2.89 bits per heavy atom. The predicted molar refractivity (Wildman–Crippen MR) is 68.5 cm³/mol. The van der Waals surface area contributed by atoms with E-state index in [1.807, 2.05) is 19.9 Å². The summed E-state index contributed by atoms with van der Waals surface area (Å²) in [4.78, 5) is 14.1. The number of nitrogens with zero attached hydrogens (tertiary/aromatic N) is 1. The van der Waals surface area contributed by atoms with E-state index in [9.17, 15) is 9.90 Å². The fourth-order valence-corrected chi connectivity index (χ4v) is 2.44. The number of aliphatic hydroxyl groups excluding tert-OH is 1. The molecule has 0 spiro atoms. The topological polar surface area (TPSA) is 53.7 Å². The van der Waals surface area contributed by atoms with E-state index in [4.69, 9.17) is 4.42 Å². The Morgan fingerprint density at radius 1 is 1.67 bits per heavy atom. The highest BCUT2D eigenvalue weighted by molar-refractivity contribution is 5.93. The molecule has 1 N–H and O–H groups in total. The number of aliphatic hydroxyl groups is 1. The van der Waals surface area contributed by atoms with Gasteiger partial charge in [0, 0.05) is 31.0 Å². The van der Waals surface area contributed by atoms with Gasteiger partial charge in [0.25, 0.3) is 5.91 Å². The third-order valence-electron chi connectivity index (χ3n) is 3.71. The van der Waals surface area contributed by atoms with Crippen molar-refractivity contribution in [3.63, 3.8) is 0 Å². The average Bonchev–Trinajstić information content (AvgIpc) is 2.94. The number of likely N-dealkylation sites (tertiary alicyclic amines) is 1. The molecule has 0 radical (unpaired) electrons. The van der Waals surface area contributed by atoms with Crippen LogP contribution in [0.3, 0.4) is 0 Å². The van der Waals surface area contributed by atoms with Gasteiger partial charge in [-0.1, -0.05) is 6.92 Å². The molecule has 0 aromatic carbocycles. The number of aryl methyl sites for hydroxylation is 2. The van der Waals surface area contributed by atoms with Crippen LogP contribution < -0.4 is 0 Å². The van der Waals surface area contributed by atoms with Crippen LogP contribution in [0, 0.1) is 12.8 Å². The quantitative estimate of drug-likeness (QED) is 0.894. The highest BCUT2D eigenvalue weighted by Crippen LogP contribution is 2.24. The standard InChI is InChI=1S/C14H21NO3/c1-4-12-7-9(2)13(18-12)14(17)15-6-5-11(8-15)10(3)16/h7,10-11,16H,4-6,8H2,1-3H3. The molecule has 1 aromatic rings. The Bertz CT molecular complexity index is 436. The van der Waals surface area contributed by atoms with Crippen LogP contribution in [0.2, 0.25) is 0 Å². The monoisotopic (exact) mass is 251 g/mol. The molecule has 0 saturated carbocycles. The van der Waals surface area contributed by atoms with Crippen molar-refractivity contribution in [2.45, 2.75) is 39.7 Å². The van der Waals surface area contributed by atoms with Gasteiger partial charge in [0.15, 0.2) is 5.76 Å². The van der Waals surface area contributed by atoms with Crippen molar-refractivity contribution in [2.24, 2.45) is 5.92 Å². The van der Waals surface area contributed by atoms with Gasteiger partial charge in [-0.15, -0.1) is 0 Å². The molecule has 1 aliphatic rings. The predicted octanol–water partition coefficient (Wildman–Crippen LogP) is 1.99. The molecule has 2 atom stereocenters. The van der Waals surface area contributed by atoms with E-state index >= 15 is 0 Å². The molecule has 100 valence electrons. The van der Waals surface area contributed by atoms with E-state index in [0.29, 0.717) is 18.8 Å². The third kappa shape index (κ3) is 2.43. The fraction of sp³-hybridized carbons (Fsp3) is 0.643. The smallest absolute Gasteiger partial charge is 0.289 e. The Morgan fingerprint density at radius 2 is 2.39 bits per heavy atom. The van der Waals surface area contributed by atoms with Gasteiger partial charge in [0.1, 0.15) is 5.76 Å². The molecule has 18 heavy (non-hydrogen) atoms. The van der Waals surface area contributed by atoms with Crippen LogP contribution >= 0.6 is 0 Å². The van der Waals surface area contributed by atoms with Gasteiger partial charge in [-0.3, -0.25) is 4.79 Å². The first-order chi connectivity index (χ1) is 8.52. The van der Waals surface area contributed by atoms with Gasteiger partial charge in [-0.05, 0) is 26.3 Å². The minimum atomic E-state index is -0.355. The fourth-order valence-electron chi connectivity index (χ4n) is 2.44. The number of hydrogen-bond acceptors (Lipinski definition) is 3. The second-order valence-electron chi connectivity index (χ2n) is 5.12. The van der Waals surface area contributed by atoms with Gasteiger partial charge in [0.05, 0.1) is 6.10 Å². The zero-order chi connectivity index (χ0) is 13.3. The molecule has 1 saturated heterocycles. The van der Waals surface area contributed by atoms with E-state index in [1.165, 1.54) is 0 Å². The maximum atomic E-state index is 12.3. The first-order valence-electron chi connectivity index (χ1n) is 6.59. The summed E-state index contributed by atoms with van der Waals surface area (Å²) in [6.07, 6.45) is 1.31. The highest BCUT2D eigenvalue weighted by atomic mass is 16.4. The number of hydrogen-bond donors (Lipinski definition) is 1. The van der Waals surface area contributed by atoms with E-state index in [2.05, 4.69) is 0 Å². The van der Waals surface area contributed by atoms with E-state index in [0.717, 1.165) is 24.2 Å². The molecule has 1 amide bonds. The molecule has 1 aliphatic heterocycles. The first-order valence-corrected chi connectivity index (χ1v) is 6.59. The molecule has 4 nitrogen and oxygen atoms in total. The van der Waals surface area contributed by atoms with Crippen LogP contribution in [0.1, 0.15) is 42.1 Å². The number of amides is 1. The minimum Gasteiger partial charge on any atom is -0.456 e. The summed E-state index contributed by atoms with van der Waals surface area (Å²) in [6, 6.07) is 1.93. The summed E-state index contributed by atoms with van der Waals surface area (Å²) in [6.45, 7) is 7.02.